The molecule has 3 rings (SSSR count). The van der Waals surface area contributed by atoms with Gasteiger partial charge in [-0.15, -0.1) is 0 Å². The minimum atomic E-state index is -0.823. The van der Waals surface area contributed by atoms with Gasteiger partial charge in [0.1, 0.15) is 11.9 Å². The number of nitrogens with one attached hydrogen (secondary N) is 3. The van der Waals surface area contributed by atoms with E-state index in [0.717, 1.165) is 12.1 Å². The summed E-state index contributed by atoms with van der Waals surface area (Å²) in [6.07, 6.45) is 2.18. The summed E-state index contributed by atoms with van der Waals surface area (Å²) in [5.74, 6) is -1.65. The van der Waals surface area contributed by atoms with Gasteiger partial charge in [-0.05, 0) is 31.5 Å². The molecular formula is C17H18F2N4O2. The summed E-state index contributed by atoms with van der Waals surface area (Å²) in [5.41, 5.74) is 6.48. The van der Waals surface area contributed by atoms with Crippen LogP contribution in [-0.2, 0) is 11.3 Å². The van der Waals surface area contributed by atoms with Gasteiger partial charge in [-0.1, -0.05) is 6.07 Å². The molecule has 2 heterocycles. The monoisotopic (exact) mass is 348 g/mol. The second-order valence-corrected chi connectivity index (χ2v) is 5.84. The van der Waals surface area contributed by atoms with E-state index in [1.165, 1.54) is 12.3 Å². The van der Waals surface area contributed by atoms with Crippen LogP contribution in [0.1, 0.15) is 18.9 Å². The van der Waals surface area contributed by atoms with E-state index in [4.69, 9.17) is 4.74 Å². The lowest BCUT2D eigenvalue weighted by Crippen LogP contribution is -2.43. The summed E-state index contributed by atoms with van der Waals surface area (Å²) < 4.78 is 32.2. The molecule has 25 heavy (non-hydrogen) atoms. The lowest BCUT2D eigenvalue weighted by molar-refractivity contribution is -0.123. The predicted molar refractivity (Wildman–Crippen MR) is 86.7 cm³/mol. The van der Waals surface area contributed by atoms with Gasteiger partial charge in [0.15, 0.2) is 11.6 Å². The Balaban J connectivity index is 1.67. The smallest absolute Gasteiger partial charge is 0.238 e. The first-order chi connectivity index (χ1) is 12.0. The number of rotatable bonds is 5. The molecule has 1 aromatic carbocycles. The molecule has 6 nitrogen and oxygen atoms in total. The highest BCUT2D eigenvalue weighted by Crippen LogP contribution is 2.26. The van der Waals surface area contributed by atoms with Crippen LogP contribution >= 0.6 is 0 Å². The molecule has 0 saturated carbocycles. The normalized spacial score (nSPS) is 19.6. The van der Waals surface area contributed by atoms with E-state index in [1.807, 2.05) is 6.92 Å². The summed E-state index contributed by atoms with van der Waals surface area (Å²) in [4.78, 5) is 16.2. The zero-order valence-electron chi connectivity index (χ0n) is 13.6. The van der Waals surface area contributed by atoms with Gasteiger partial charge >= 0.3 is 0 Å². The molecule has 1 fully saturated rings. The minimum absolute atomic E-state index is 0.136. The molecule has 1 saturated heterocycles. The maximum atomic E-state index is 13.7. The molecule has 0 bridgehead atoms. The van der Waals surface area contributed by atoms with E-state index in [2.05, 4.69) is 21.2 Å². The standard InChI is InChI=1S/C17H18F2N4O2/c1-10-7-14(23-22-10)16(24)21-9-11-3-2-6-20-17(11)25-15-5-4-12(18)8-13(15)19/h2-6,8,10,14,22-23H,7,9H2,1H3,(H,21,24). The molecule has 0 radical (unpaired) electrons. The van der Waals surface area contributed by atoms with Crippen molar-refractivity contribution >= 4 is 5.91 Å². The molecule has 1 aromatic heterocycles. The van der Waals surface area contributed by atoms with Crippen LogP contribution in [0.15, 0.2) is 36.5 Å². The zero-order valence-corrected chi connectivity index (χ0v) is 13.6. The van der Waals surface area contributed by atoms with Crippen LogP contribution in [-0.4, -0.2) is 23.0 Å². The number of hydrogen-bond acceptors (Lipinski definition) is 5. The average molecular weight is 348 g/mol. The summed E-state index contributed by atoms with van der Waals surface area (Å²) in [5, 5.41) is 2.80. The summed E-state index contributed by atoms with van der Waals surface area (Å²) in [7, 11) is 0. The Hall–Kier alpha value is -2.58. The van der Waals surface area contributed by atoms with Crippen molar-refractivity contribution in [2.24, 2.45) is 0 Å². The number of ether oxygens (including phenoxy) is 1. The second-order valence-electron chi connectivity index (χ2n) is 5.84. The van der Waals surface area contributed by atoms with Crippen LogP contribution in [0.5, 0.6) is 11.6 Å². The lowest BCUT2D eigenvalue weighted by Gasteiger charge is -2.13. The average Bonchev–Trinajstić information content (AvgIpc) is 3.03. The maximum Gasteiger partial charge on any atom is 0.238 e. The van der Waals surface area contributed by atoms with Crippen LogP contribution in [0.4, 0.5) is 8.78 Å². The lowest BCUT2D eigenvalue weighted by atomic mass is 10.1. The van der Waals surface area contributed by atoms with Crippen LogP contribution in [0.3, 0.4) is 0 Å². The predicted octanol–water partition coefficient (Wildman–Crippen LogP) is 2.02. The number of carbonyl (C=O) groups excluding carboxylic acids is 1. The van der Waals surface area contributed by atoms with E-state index in [1.54, 1.807) is 12.1 Å². The van der Waals surface area contributed by atoms with Crippen LogP contribution in [0, 0.1) is 11.6 Å². The van der Waals surface area contributed by atoms with Crippen molar-refractivity contribution in [3.63, 3.8) is 0 Å². The SMILES string of the molecule is CC1CC(C(=O)NCc2cccnc2Oc2ccc(F)cc2F)NN1. The largest absolute Gasteiger partial charge is 0.436 e. The third kappa shape index (κ3) is 4.28. The highest BCUT2D eigenvalue weighted by atomic mass is 19.1. The summed E-state index contributed by atoms with van der Waals surface area (Å²) >= 11 is 0. The van der Waals surface area contributed by atoms with E-state index in [0.29, 0.717) is 12.0 Å². The van der Waals surface area contributed by atoms with E-state index in [-0.39, 0.29) is 36.2 Å². The van der Waals surface area contributed by atoms with Gasteiger partial charge in [-0.2, -0.15) is 0 Å². The molecule has 0 spiro atoms. The van der Waals surface area contributed by atoms with Gasteiger partial charge in [0, 0.05) is 30.4 Å². The van der Waals surface area contributed by atoms with Gasteiger partial charge < -0.3 is 10.1 Å². The topological polar surface area (TPSA) is 75.3 Å². The Labute approximate surface area is 143 Å². The van der Waals surface area contributed by atoms with Crippen molar-refractivity contribution in [2.45, 2.75) is 32.0 Å². The van der Waals surface area contributed by atoms with Crippen molar-refractivity contribution in [2.75, 3.05) is 0 Å². The van der Waals surface area contributed by atoms with E-state index in [9.17, 15) is 13.6 Å². The molecule has 1 amide bonds. The first-order valence-corrected chi connectivity index (χ1v) is 7.88. The number of nitrogens with zero attached hydrogens (tertiary/aromatic N) is 1. The number of hydrogen-bond donors (Lipinski definition) is 3. The van der Waals surface area contributed by atoms with Crippen molar-refractivity contribution < 1.29 is 18.3 Å². The van der Waals surface area contributed by atoms with Crippen molar-refractivity contribution in [3.05, 3.63) is 53.7 Å². The van der Waals surface area contributed by atoms with E-state index >= 15 is 0 Å². The molecule has 2 atom stereocenters. The fourth-order valence-electron chi connectivity index (χ4n) is 2.51. The zero-order chi connectivity index (χ0) is 17.8. The fourth-order valence-corrected chi connectivity index (χ4v) is 2.51. The molecule has 1 aliphatic heterocycles. The second kappa shape index (κ2) is 7.54. The minimum Gasteiger partial charge on any atom is -0.436 e. The number of carbonyl (C=O) groups is 1. The van der Waals surface area contributed by atoms with Crippen LogP contribution in [0.2, 0.25) is 0 Å². The Morgan fingerprint density at radius 1 is 1.36 bits per heavy atom. The Kier molecular flexibility index (Phi) is 5.20. The molecule has 8 heteroatoms. The molecule has 132 valence electrons. The highest BCUT2D eigenvalue weighted by Gasteiger charge is 2.26. The Morgan fingerprint density at radius 2 is 2.20 bits per heavy atom. The number of amides is 1. The quantitative estimate of drug-likeness (QED) is 0.771. The molecule has 0 aliphatic carbocycles. The van der Waals surface area contributed by atoms with Crippen molar-refractivity contribution in [3.8, 4) is 11.6 Å². The van der Waals surface area contributed by atoms with Gasteiger partial charge in [-0.3, -0.25) is 10.2 Å². The highest BCUT2D eigenvalue weighted by molar-refractivity contribution is 5.82. The first kappa shape index (κ1) is 17.2. The van der Waals surface area contributed by atoms with Gasteiger partial charge in [0.25, 0.3) is 0 Å². The van der Waals surface area contributed by atoms with Crippen molar-refractivity contribution in [1.82, 2.24) is 21.2 Å². The fraction of sp³-hybridized carbons (Fsp3) is 0.294. The summed E-state index contributed by atoms with van der Waals surface area (Å²) in [6, 6.07) is 6.33. The third-order valence-electron chi connectivity index (χ3n) is 3.81. The molecular weight excluding hydrogens is 330 g/mol. The molecule has 2 aromatic rings. The third-order valence-corrected chi connectivity index (χ3v) is 3.81. The van der Waals surface area contributed by atoms with Gasteiger partial charge in [0.05, 0.1) is 0 Å². The number of halogens is 2. The molecule has 2 unspecified atom stereocenters. The van der Waals surface area contributed by atoms with Crippen LogP contribution in [0.25, 0.3) is 0 Å². The molecule has 3 N–H and O–H groups in total. The van der Waals surface area contributed by atoms with Crippen LogP contribution < -0.4 is 20.9 Å². The van der Waals surface area contributed by atoms with Crippen molar-refractivity contribution in [1.29, 1.82) is 0 Å². The summed E-state index contributed by atoms with van der Waals surface area (Å²) in [6.45, 7) is 2.15. The first-order valence-electron chi connectivity index (χ1n) is 7.88. The Morgan fingerprint density at radius 3 is 2.92 bits per heavy atom. The Bertz CT molecular complexity index is 772. The number of aromatic nitrogens is 1. The maximum absolute atomic E-state index is 13.7. The molecule has 1 aliphatic rings. The number of hydrazine groups is 1. The van der Waals surface area contributed by atoms with Gasteiger partial charge in [-0.25, -0.2) is 19.2 Å². The number of benzene rings is 1. The number of pyridine rings is 1. The van der Waals surface area contributed by atoms with Gasteiger partial charge in [0.2, 0.25) is 11.8 Å². The van der Waals surface area contributed by atoms with E-state index < -0.39 is 11.6 Å².